The van der Waals surface area contributed by atoms with Crippen molar-refractivity contribution >= 4 is 17.5 Å². The number of para-hydroxylation sites is 1. The maximum absolute atomic E-state index is 13.3. The van der Waals surface area contributed by atoms with E-state index < -0.39 is 11.0 Å². The molecule has 0 radical (unpaired) electrons. The van der Waals surface area contributed by atoms with Crippen LogP contribution < -0.4 is 5.01 Å². The molecule has 3 aliphatic rings. The van der Waals surface area contributed by atoms with Crippen molar-refractivity contribution in [2.24, 2.45) is 5.41 Å². The van der Waals surface area contributed by atoms with Crippen LogP contribution in [0.2, 0.25) is 0 Å². The van der Waals surface area contributed by atoms with Crippen molar-refractivity contribution < 1.29 is 9.59 Å². The van der Waals surface area contributed by atoms with Gasteiger partial charge in [0.25, 0.3) is 11.8 Å². The summed E-state index contributed by atoms with van der Waals surface area (Å²) in [5, 5.41) is 13.0. The number of amides is 2. The van der Waals surface area contributed by atoms with Crippen LogP contribution in [0, 0.1) is 16.7 Å². The van der Waals surface area contributed by atoms with E-state index in [2.05, 4.69) is 6.07 Å². The summed E-state index contributed by atoms with van der Waals surface area (Å²) in [5.41, 5.74) is -1.13. The third-order valence-corrected chi connectivity index (χ3v) is 5.91. The number of nitrogens with zero attached hydrogens (tertiary/aromatic N) is 3. The van der Waals surface area contributed by atoms with Gasteiger partial charge in [0.2, 0.25) is 0 Å². The summed E-state index contributed by atoms with van der Waals surface area (Å²) in [4.78, 5) is 26.5. The second kappa shape index (κ2) is 5.34. The van der Waals surface area contributed by atoms with Gasteiger partial charge in [0, 0.05) is 0 Å². The Balaban J connectivity index is 1.84. The van der Waals surface area contributed by atoms with Crippen molar-refractivity contribution in [2.45, 2.75) is 56.9 Å². The van der Waals surface area contributed by atoms with E-state index >= 15 is 0 Å². The number of carbonyl (C=O) groups is 2. The van der Waals surface area contributed by atoms with Gasteiger partial charge in [-0.05, 0) is 50.7 Å². The molecular formula is C19H21N3O2. The molecular weight excluding hydrogens is 302 g/mol. The molecule has 0 aromatic heterocycles. The van der Waals surface area contributed by atoms with Crippen LogP contribution in [0.3, 0.4) is 0 Å². The van der Waals surface area contributed by atoms with Gasteiger partial charge in [0.1, 0.15) is 5.41 Å². The molecule has 1 aromatic rings. The minimum absolute atomic E-state index is 0.148. The molecule has 1 aromatic carbocycles. The van der Waals surface area contributed by atoms with E-state index in [1.54, 1.807) is 0 Å². The zero-order valence-corrected chi connectivity index (χ0v) is 13.7. The Morgan fingerprint density at radius 2 is 1.54 bits per heavy atom. The van der Waals surface area contributed by atoms with Gasteiger partial charge in [-0.15, -0.1) is 0 Å². The Hall–Kier alpha value is -2.35. The van der Waals surface area contributed by atoms with E-state index in [4.69, 9.17) is 0 Å². The smallest absolute Gasteiger partial charge is 0.261 e. The third-order valence-electron chi connectivity index (χ3n) is 5.91. The second-order valence-corrected chi connectivity index (χ2v) is 7.21. The molecule has 5 heteroatoms. The van der Waals surface area contributed by atoms with E-state index in [1.165, 1.54) is 10.0 Å². The van der Waals surface area contributed by atoms with Crippen LogP contribution in [0.4, 0.5) is 5.69 Å². The van der Waals surface area contributed by atoms with Crippen molar-refractivity contribution in [3.63, 3.8) is 0 Å². The largest absolute Gasteiger partial charge is 0.272 e. The van der Waals surface area contributed by atoms with Crippen LogP contribution in [-0.4, -0.2) is 22.4 Å². The normalized spacial score (nSPS) is 24.8. The van der Waals surface area contributed by atoms with Crippen LogP contribution >= 0.6 is 0 Å². The average Bonchev–Trinajstić information content (AvgIpc) is 2.84. The molecule has 124 valence electrons. The number of nitriles is 1. The zero-order valence-electron chi connectivity index (χ0n) is 13.7. The third kappa shape index (κ3) is 1.86. The predicted octanol–water partition coefficient (Wildman–Crippen LogP) is 3.17. The number of anilines is 1. The first kappa shape index (κ1) is 15.2. The second-order valence-electron chi connectivity index (χ2n) is 7.21. The summed E-state index contributed by atoms with van der Waals surface area (Å²) in [6.45, 7) is 0. The molecule has 1 heterocycles. The molecule has 0 N–H and O–H groups in total. The first-order valence-electron chi connectivity index (χ1n) is 8.80. The predicted molar refractivity (Wildman–Crippen MR) is 88.5 cm³/mol. The highest BCUT2D eigenvalue weighted by atomic mass is 16.2. The Kier molecular flexibility index (Phi) is 3.38. The molecule has 1 saturated heterocycles. The topological polar surface area (TPSA) is 64.4 Å². The lowest BCUT2D eigenvalue weighted by molar-refractivity contribution is -0.147. The summed E-state index contributed by atoms with van der Waals surface area (Å²) < 4.78 is 0. The molecule has 2 aliphatic carbocycles. The summed E-state index contributed by atoms with van der Waals surface area (Å²) >= 11 is 0. The van der Waals surface area contributed by atoms with E-state index in [-0.39, 0.29) is 11.8 Å². The summed E-state index contributed by atoms with van der Waals surface area (Å²) in [7, 11) is 0. The SMILES string of the molecule is N#CC1(N2C(=O)C3(CCC3)C(=O)N2c2ccccc2)CCCCC1. The van der Waals surface area contributed by atoms with Gasteiger partial charge in [0.05, 0.1) is 11.8 Å². The number of hydrogen-bond donors (Lipinski definition) is 0. The molecule has 3 fully saturated rings. The maximum atomic E-state index is 13.3. The monoisotopic (exact) mass is 323 g/mol. The maximum Gasteiger partial charge on any atom is 0.261 e. The van der Waals surface area contributed by atoms with Crippen LogP contribution in [0.15, 0.2) is 30.3 Å². The number of hydrogen-bond acceptors (Lipinski definition) is 3. The van der Waals surface area contributed by atoms with Crippen LogP contribution in [0.5, 0.6) is 0 Å². The van der Waals surface area contributed by atoms with Crippen molar-refractivity contribution in [1.29, 1.82) is 5.26 Å². The standard InChI is InChI=1S/C19H21N3O2/c20-14-18(10-5-2-6-11-18)22-17(24)19(12-7-13-19)16(23)21(22)15-8-3-1-4-9-15/h1,3-4,8-9H,2,5-7,10-13H2. The van der Waals surface area contributed by atoms with Gasteiger partial charge in [-0.25, -0.2) is 10.0 Å². The average molecular weight is 323 g/mol. The van der Waals surface area contributed by atoms with Gasteiger partial charge in [-0.3, -0.25) is 9.59 Å². The quantitative estimate of drug-likeness (QED) is 0.785. The number of hydrazine groups is 1. The first-order chi connectivity index (χ1) is 11.6. The Morgan fingerprint density at radius 3 is 2.08 bits per heavy atom. The molecule has 1 spiro atoms. The Labute approximate surface area is 141 Å². The minimum atomic E-state index is -0.920. The minimum Gasteiger partial charge on any atom is -0.272 e. The van der Waals surface area contributed by atoms with Crippen LogP contribution in [0.1, 0.15) is 51.4 Å². The van der Waals surface area contributed by atoms with Gasteiger partial charge in [0.15, 0.2) is 5.54 Å². The molecule has 2 saturated carbocycles. The van der Waals surface area contributed by atoms with Crippen molar-refractivity contribution in [1.82, 2.24) is 5.01 Å². The number of rotatable bonds is 2. The molecule has 0 atom stereocenters. The lowest BCUT2D eigenvalue weighted by Crippen LogP contribution is -2.57. The van der Waals surface area contributed by atoms with E-state index in [1.807, 2.05) is 30.3 Å². The Bertz CT molecular complexity index is 712. The van der Waals surface area contributed by atoms with Crippen molar-refractivity contribution in [2.75, 3.05) is 5.01 Å². The lowest BCUT2D eigenvalue weighted by Gasteiger charge is -2.43. The molecule has 4 rings (SSSR count). The molecule has 2 amide bonds. The van der Waals surface area contributed by atoms with Crippen molar-refractivity contribution in [3.05, 3.63) is 30.3 Å². The molecule has 0 bridgehead atoms. The van der Waals surface area contributed by atoms with Crippen LogP contribution in [-0.2, 0) is 9.59 Å². The molecule has 24 heavy (non-hydrogen) atoms. The van der Waals surface area contributed by atoms with Gasteiger partial charge < -0.3 is 0 Å². The molecule has 0 unspecified atom stereocenters. The molecule has 5 nitrogen and oxygen atoms in total. The van der Waals surface area contributed by atoms with Gasteiger partial charge >= 0.3 is 0 Å². The fourth-order valence-electron chi connectivity index (χ4n) is 4.33. The number of carbonyl (C=O) groups excluding carboxylic acids is 2. The van der Waals surface area contributed by atoms with Gasteiger partial charge in [-0.1, -0.05) is 31.0 Å². The van der Waals surface area contributed by atoms with Crippen molar-refractivity contribution in [3.8, 4) is 6.07 Å². The van der Waals surface area contributed by atoms with Crippen LogP contribution in [0.25, 0.3) is 0 Å². The summed E-state index contributed by atoms with van der Waals surface area (Å²) in [6, 6.07) is 11.7. The number of benzene rings is 1. The van der Waals surface area contributed by atoms with E-state index in [9.17, 15) is 14.9 Å². The van der Waals surface area contributed by atoms with E-state index in [0.29, 0.717) is 31.4 Å². The van der Waals surface area contributed by atoms with Gasteiger partial charge in [-0.2, -0.15) is 5.26 Å². The lowest BCUT2D eigenvalue weighted by atomic mass is 9.67. The highest BCUT2D eigenvalue weighted by molar-refractivity contribution is 6.19. The summed E-state index contributed by atoms with van der Waals surface area (Å²) in [6.07, 6.45) is 6.30. The highest BCUT2D eigenvalue weighted by Gasteiger charge is 2.65. The first-order valence-corrected chi connectivity index (χ1v) is 8.80. The fourth-order valence-corrected chi connectivity index (χ4v) is 4.33. The van der Waals surface area contributed by atoms with E-state index in [0.717, 1.165) is 25.7 Å². The zero-order chi connectivity index (χ0) is 16.8. The summed E-state index contributed by atoms with van der Waals surface area (Å²) in [5.74, 6) is -0.309. The molecule has 1 aliphatic heterocycles. The Morgan fingerprint density at radius 1 is 0.875 bits per heavy atom. The fraction of sp³-hybridized carbons (Fsp3) is 0.526. The highest BCUT2D eigenvalue weighted by Crippen LogP contribution is 2.52.